The number of carbonyl (C=O) groups is 3. The van der Waals surface area contributed by atoms with Gasteiger partial charge >= 0.3 is 6.03 Å². The molecule has 8 heteroatoms. The Balaban J connectivity index is 1.30. The predicted octanol–water partition coefficient (Wildman–Crippen LogP) is 3.16. The Kier molecular flexibility index (Phi) is 5.69. The minimum atomic E-state index is -0.821. The summed E-state index contributed by atoms with van der Waals surface area (Å²) >= 11 is 0. The van der Waals surface area contributed by atoms with Gasteiger partial charge in [0, 0.05) is 6.54 Å². The standard InChI is InChI=1S/C24H31N3O5/c28-21(16-27-22(29)24(25-23(27)30)10-4-2-1-3-5-11-24)26-12-6-7-18(26)17-8-9-19-20(15-17)32-14-13-31-19/h8-9,15,18H,1-7,10-14,16H2,(H,25,30)/t18-/m0/s1. The molecule has 3 aliphatic heterocycles. The summed E-state index contributed by atoms with van der Waals surface area (Å²) < 4.78 is 11.3. The van der Waals surface area contributed by atoms with Gasteiger partial charge in [0.15, 0.2) is 11.5 Å². The minimum Gasteiger partial charge on any atom is -0.486 e. The zero-order chi connectivity index (χ0) is 22.1. The van der Waals surface area contributed by atoms with E-state index < -0.39 is 11.6 Å². The van der Waals surface area contributed by atoms with E-state index in [2.05, 4.69) is 5.32 Å². The molecule has 1 N–H and O–H groups in total. The molecular weight excluding hydrogens is 410 g/mol. The van der Waals surface area contributed by atoms with Crippen molar-refractivity contribution in [2.75, 3.05) is 26.3 Å². The predicted molar refractivity (Wildman–Crippen MR) is 116 cm³/mol. The number of hydrogen-bond acceptors (Lipinski definition) is 5. The summed E-state index contributed by atoms with van der Waals surface area (Å²) in [4.78, 5) is 42.2. The number of hydrogen-bond donors (Lipinski definition) is 1. The Morgan fingerprint density at radius 2 is 1.72 bits per heavy atom. The Bertz CT molecular complexity index is 909. The number of urea groups is 1. The first-order chi connectivity index (χ1) is 15.6. The normalized spacial score (nSPS) is 24.9. The number of benzene rings is 1. The second-order valence-electron chi connectivity index (χ2n) is 9.32. The van der Waals surface area contributed by atoms with E-state index in [-0.39, 0.29) is 24.4 Å². The van der Waals surface area contributed by atoms with Gasteiger partial charge in [-0.2, -0.15) is 0 Å². The van der Waals surface area contributed by atoms with Crippen LogP contribution in [0, 0.1) is 0 Å². The summed E-state index contributed by atoms with van der Waals surface area (Å²) in [6.45, 7) is 1.46. The third-order valence-electron chi connectivity index (χ3n) is 7.27. The first-order valence-corrected chi connectivity index (χ1v) is 11.9. The Morgan fingerprint density at radius 3 is 2.50 bits per heavy atom. The Labute approximate surface area is 188 Å². The van der Waals surface area contributed by atoms with Gasteiger partial charge in [-0.05, 0) is 43.4 Å². The molecule has 1 spiro atoms. The zero-order valence-electron chi connectivity index (χ0n) is 18.4. The molecule has 3 heterocycles. The van der Waals surface area contributed by atoms with E-state index in [1.54, 1.807) is 4.90 Å². The smallest absolute Gasteiger partial charge is 0.325 e. The lowest BCUT2D eigenvalue weighted by molar-refractivity contribution is -0.139. The number of imide groups is 1. The fourth-order valence-electron chi connectivity index (χ4n) is 5.57. The summed E-state index contributed by atoms with van der Waals surface area (Å²) in [5.41, 5.74) is 0.173. The van der Waals surface area contributed by atoms with Crippen molar-refractivity contribution in [3.8, 4) is 11.5 Å². The van der Waals surface area contributed by atoms with E-state index in [9.17, 15) is 14.4 Å². The van der Waals surface area contributed by atoms with E-state index in [1.165, 1.54) is 6.42 Å². The summed E-state index contributed by atoms with van der Waals surface area (Å²) in [7, 11) is 0. The number of nitrogens with zero attached hydrogens (tertiary/aromatic N) is 2. The highest BCUT2D eigenvalue weighted by atomic mass is 16.6. The molecule has 172 valence electrons. The molecule has 0 unspecified atom stereocenters. The third-order valence-corrected chi connectivity index (χ3v) is 7.27. The second kappa shape index (κ2) is 8.64. The summed E-state index contributed by atoms with van der Waals surface area (Å²) in [5.74, 6) is 1.01. The van der Waals surface area contributed by atoms with Crippen molar-refractivity contribution < 1.29 is 23.9 Å². The Morgan fingerprint density at radius 1 is 1.00 bits per heavy atom. The fraction of sp³-hybridized carbons (Fsp3) is 0.625. The largest absolute Gasteiger partial charge is 0.486 e. The SMILES string of the molecule is O=C1NC2(CCCCCCC2)C(=O)N1CC(=O)N1CCC[C@H]1c1ccc2c(c1)OCCO2. The van der Waals surface area contributed by atoms with Crippen molar-refractivity contribution in [3.63, 3.8) is 0 Å². The summed E-state index contributed by atoms with van der Waals surface area (Å²) in [6.07, 6.45) is 8.22. The maximum atomic E-state index is 13.3. The molecule has 4 amide bonds. The van der Waals surface area contributed by atoms with Crippen LogP contribution in [0.4, 0.5) is 4.79 Å². The molecule has 2 saturated heterocycles. The quantitative estimate of drug-likeness (QED) is 0.728. The number of likely N-dealkylation sites (tertiary alicyclic amines) is 1. The molecule has 1 aromatic rings. The van der Waals surface area contributed by atoms with Crippen molar-refractivity contribution in [2.24, 2.45) is 0 Å². The first kappa shape index (κ1) is 21.1. The van der Waals surface area contributed by atoms with Crippen molar-refractivity contribution >= 4 is 17.8 Å². The third kappa shape index (κ3) is 3.80. The number of ether oxygens (including phenoxy) is 2. The van der Waals surface area contributed by atoms with Crippen molar-refractivity contribution in [1.29, 1.82) is 0 Å². The highest BCUT2D eigenvalue weighted by molar-refractivity contribution is 6.09. The molecule has 1 atom stereocenters. The minimum absolute atomic E-state index is 0.0885. The van der Waals surface area contributed by atoms with E-state index in [1.807, 2.05) is 18.2 Å². The highest BCUT2D eigenvalue weighted by Gasteiger charge is 2.51. The number of carbonyl (C=O) groups excluding carboxylic acids is 3. The molecule has 0 bridgehead atoms. The summed E-state index contributed by atoms with van der Waals surface area (Å²) in [6, 6.07) is 5.29. The van der Waals surface area contributed by atoms with Gasteiger partial charge in [-0.1, -0.05) is 38.2 Å². The van der Waals surface area contributed by atoms with Gasteiger partial charge in [0.2, 0.25) is 5.91 Å². The van der Waals surface area contributed by atoms with Crippen LogP contribution in [0.25, 0.3) is 0 Å². The van der Waals surface area contributed by atoms with E-state index >= 15 is 0 Å². The highest BCUT2D eigenvalue weighted by Crippen LogP contribution is 2.38. The fourth-order valence-corrected chi connectivity index (χ4v) is 5.57. The molecule has 5 rings (SSSR count). The van der Waals surface area contributed by atoms with Gasteiger partial charge in [0.05, 0.1) is 6.04 Å². The van der Waals surface area contributed by atoms with Crippen molar-refractivity contribution in [1.82, 2.24) is 15.1 Å². The average Bonchev–Trinajstić information content (AvgIpc) is 3.36. The van der Waals surface area contributed by atoms with Crippen LogP contribution in [0.15, 0.2) is 18.2 Å². The van der Waals surface area contributed by atoms with Crippen molar-refractivity contribution in [3.05, 3.63) is 23.8 Å². The topological polar surface area (TPSA) is 88.2 Å². The molecule has 3 fully saturated rings. The molecule has 1 aliphatic carbocycles. The van der Waals surface area contributed by atoms with Crippen LogP contribution in [-0.4, -0.2) is 59.5 Å². The molecule has 1 aromatic carbocycles. The Hall–Kier alpha value is -2.77. The monoisotopic (exact) mass is 441 g/mol. The molecule has 1 saturated carbocycles. The van der Waals surface area contributed by atoms with Crippen LogP contribution in [0.3, 0.4) is 0 Å². The van der Waals surface area contributed by atoms with Crippen LogP contribution < -0.4 is 14.8 Å². The maximum absolute atomic E-state index is 13.3. The first-order valence-electron chi connectivity index (χ1n) is 11.9. The van der Waals surface area contributed by atoms with Crippen LogP contribution in [0.5, 0.6) is 11.5 Å². The van der Waals surface area contributed by atoms with Gasteiger partial charge in [-0.25, -0.2) is 4.79 Å². The molecule has 0 aromatic heterocycles. The lowest BCUT2D eigenvalue weighted by Gasteiger charge is -2.29. The molecule has 32 heavy (non-hydrogen) atoms. The number of rotatable bonds is 3. The molecule has 0 radical (unpaired) electrons. The van der Waals surface area contributed by atoms with Gasteiger partial charge in [-0.15, -0.1) is 0 Å². The zero-order valence-corrected chi connectivity index (χ0v) is 18.4. The van der Waals surface area contributed by atoms with Gasteiger partial charge in [0.1, 0.15) is 25.3 Å². The lowest BCUT2D eigenvalue weighted by Crippen LogP contribution is -2.48. The van der Waals surface area contributed by atoms with Crippen molar-refractivity contribution in [2.45, 2.75) is 69.4 Å². The van der Waals surface area contributed by atoms with Crippen LogP contribution in [0.2, 0.25) is 0 Å². The lowest BCUT2D eigenvalue weighted by atomic mass is 9.84. The molecule has 4 aliphatic rings. The average molecular weight is 442 g/mol. The number of nitrogens with one attached hydrogen (secondary N) is 1. The molecular formula is C24H31N3O5. The van der Waals surface area contributed by atoms with Gasteiger partial charge < -0.3 is 19.7 Å². The van der Waals surface area contributed by atoms with E-state index in [0.717, 1.165) is 54.7 Å². The van der Waals surface area contributed by atoms with Crippen LogP contribution in [0.1, 0.15) is 69.4 Å². The number of fused-ring (bicyclic) bond motifs is 1. The summed E-state index contributed by atoms with van der Waals surface area (Å²) in [5, 5.41) is 2.95. The van der Waals surface area contributed by atoms with Crippen LogP contribution in [-0.2, 0) is 9.59 Å². The maximum Gasteiger partial charge on any atom is 0.325 e. The van der Waals surface area contributed by atoms with E-state index in [0.29, 0.717) is 38.3 Å². The molecule has 8 nitrogen and oxygen atoms in total. The van der Waals surface area contributed by atoms with Gasteiger partial charge in [0.25, 0.3) is 5.91 Å². The second-order valence-corrected chi connectivity index (χ2v) is 9.32. The van der Waals surface area contributed by atoms with E-state index in [4.69, 9.17) is 9.47 Å². The van der Waals surface area contributed by atoms with Gasteiger partial charge in [-0.3, -0.25) is 14.5 Å². The number of amides is 4. The van der Waals surface area contributed by atoms with Crippen LogP contribution >= 0.6 is 0 Å².